The number of nitrogens with zero attached hydrogens (tertiary/aromatic N) is 3. The molecule has 2 heterocycles. The second-order valence-corrected chi connectivity index (χ2v) is 3.67. The fourth-order valence-electron chi connectivity index (χ4n) is 1.07. The molecule has 6 nitrogen and oxygen atoms in total. The Morgan fingerprint density at radius 2 is 2.47 bits per heavy atom. The number of hydrogen-bond acceptors (Lipinski definition) is 5. The molecule has 0 spiro atoms. The van der Waals surface area contributed by atoms with Gasteiger partial charge in [0.15, 0.2) is 0 Å². The SMILES string of the molecule is NC(=O)c1csc(-c2cnn(CO)c2)n1. The van der Waals surface area contributed by atoms with Crippen LogP contribution in [-0.2, 0) is 6.73 Å². The van der Waals surface area contributed by atoms with Gasteiger partial charge in [-0.15, -0.1) is 11.3 Å². The summed E-state index contributed by atoms with van der Waals surface area (Å²) >= 11 is 1.31. The zero-order valence-corrected chi connectivity index (χ0v) is 8.44. The first kappa shape index (κ1) is 9.81. The highest BCUT2D eigenvalue weighted by molar-refractivity contribution is 7.13. The van der Waals surface area contributed by atoms with Crippen molar-refractivity contribution in [3.05, 3.63) is 23.5 Å². The van der Waals surface area contributed by atoms with Gasteiger partial charge in [-0.3, -0.25) is 4.79 Å². The van der Waals surface area contributed by atoms with Gasteiger partial charge in [0.2, 0.25) is 0 Å². The monoisotopic (exact) mass is 224 g/mol. The minimum absolute atomic E-state index is 0.186. The first-order chi connectivity index (χ1) is 7.20. The van der Waals surface area contributed by atoms with Crippen LogP contribution in [0.4, 0.5) is 0 Å². The third-order valence-electron chi connectivity index (χ3n) is 1.78. The van der Waals surface area contributed by atoms with Crippen molar-refractivity contribution in [2.45, 2.75) is 6.73 Å². The molecule has 0 saturated carbocycles. The molecule has 3 N–H and O–H groups in total. The number of carbonyl (C=O) groups excluding carboxylic acids is 1. The van der Waals surface area contributed by atoms with Crippen molar-refractivity contribution in [1.29, 1.82) is 0 Å². The zero-order chi connectivity index (χ0) is 10.8. The number of rotatable bonds is 3. The zero-order valence-electron chi connectivity index (χ0n) is 7.62. The number of carbonyl (C=O) groups is 1. The van der Waals surface area contributed by atoms with Crippen LogP contribution in [0.25, 0.3) is 10.6 Å². The first-order valence-corrected chi connectivity index (χ1v) is 4.97. The van der Waals surface area contributed by atoms with E-state index in [2.05, 4.69) is 10.1 Å². The number of aromatic nitrogens is 3. The van der Waals surface area contributed by atoms with Crippen molar-refractivity contribution in [2.24, 2.45) is 5.73 Å². The molecule has 0 unspecified atom stereocenters. The van der Waals surface area contributed by atoms with Gasteiger partial charge in [0, 0.05) is 17.1 Å². The molecule has 78 valence electrons. The van der Waals surface area contributed by atoms with Gasteiger partial charge in [-0.2, -0.15) is 5.10 Å². The lowest BCUT2D eigenvalue weighted by atomic mass is 10.4. The molecule has 7 heteroatoms. The highest BCUT2D eigenvalue weighted by Crippen LogP contribution is 2.22. The minimum atomic E-state index is -0.549. The van der Waals surface area contributed by atoms with Crippen LogP contribution in [0.5, 0.6) is 0 Å². The fourth-order valence-corrected chi connectivity index (χ4v) is 1.86. The van der Waals surface area contributed by atoms with E-state index in [-0.39, 0.29) is 12.4 Å². The Kier molecular flexibility index (Phi) is 2.48. The molecule has 0 radical (unpaired) electrons. The lowest BCUT2D eigenvalue weighted by molar-refractivity contribution is 0.0996. The maximum atomic E-state index is 10.8. The normalized spacial score (nSPS) is 10.5. The van der Waals surface area contributed by atoms with Gasteiger partial charge in [0.05, 0.1) is 6.20 Å². The van der Waals surface area contributed by atoms with Crippen LogP contribution in [0.3, 0.4) is 0 Å². The summed E-state index contributed by atoms with van der Waals surface area (Å²) in [6, 6.07) is 0. The van der Waals surface area contributed by atoms with Crippen LogP contribution >= 0.6 is 11.3 Å². The number of thiazole rings is 1. The number of aliphatic hydroxyl groups excluding tert-OH is 1. The largest absolute Gasteiger partial charge is 0.374 e. The third kappa shape index (κ3) is 1.88. The molecule has 0 aliphatic rings. The molecule has 2 aromatic heterocycles. The van der Waals surface area contributed by atoms with Crippen LogP contribution < -0.4 is 5.73 Å². The number of aliphatic hydroxyl groups is 1. The molecule has 0 fully saturated rings. The van der Waals surface area contributed by atoms with E-state index in [1.807, 2.05) is 0 Å². The van der Waals surface area contributed by atoms with Crippen molar-refractivity contribution in [3.8, 4) is 10.6 Å². The lowest BCUT2D eigenvalue weighted by Gasteiger charge is -1.89. The Labute approximate surface area is 89.0 Å². The summed E-state index contributed by atoms with van der Waals surface area (Å²) in [5.74, 6) is -0.549. The molecule has 0 aliphatic carbocycles. The van der Waals surface area contributed by atoms with E-state index in [9.17, 15) is 4.79 Å². The fraction of sp³-hybridized carbons (Fsp3) is 0.125. The van der Waals surface area contributed by atoms with Gasteiger partial charge in [0.25, 0.3) is 5.91 Å². The standard InChI is InChI=1S/C8H8N4O2S/c9-7(14)6-3-15-8(11-6)5-1-10-12(2-5)4-13/h1-3,13H,4H2,(H2,9,14). The molecule has 2 aromatic rings. The van der Waals surface area contributed by atoms with Crippen LogP contribution in [0.1, 0.15) is 10.5 Å². The number of nitrogens with two attached hydrogens (primary N) is 1. The Bertz CT molecular complexity index is 490. The first-order valence-electron chi connectivity index (χ1n) is 4.09. The number of primary amides is 1. The van der Waals surface area contributed by atoms with E-state index in [1.165, 1.54) is 16.0 Å². The summed E-state index contributed by atoms with van der Waals surface area (Å²) in [7, 11) is 0. The highest BCUT2D eigenvalue weighted by Gasteiger charge is 2.09. The van der Waals surface area contributed by atoms with E-state index < -0.39 is 5.91 Å². The van der Waals surface area contributed by atoms with E-state index in [1.54, 1.807) is 17.8 Å². The lowest BCUT2D eigenvalue weighted by Crippen LogP contribution is -2.10. The topological polar surface area (TPSA) is 94.0 Å². The predicted molar refractivity (Wildman–Crippen MR) is 54.1 cm³/mol. The van der Waals surface area contributed by atoms with E-state index in [0.29, 0.717) is 5.01 Å². The van der Waals surface area contributed by atoms with Crippen LogP contribution in [-0.4, -0.2) is 25.8 Å². The molecule has 0 aromatic carbocycles. The van der Waals surface area contributed by atoms with E-state index in [4.69, 9.17) is 10.8 Å². The maximum absolute atomic E-state index is 10.8. The van der Waals surface area contributed by atoms with Gasteiger partial charge in [-0.25, -0.2) is 9.67 Å². The molecular formula is C8H8N4O2S. The van der Waals surface area contributed by atoms with Gasteiger partial charge >= 0.3 is 0 Å². The average Bonchev–Trinajstić information content (AvgIpc) is 2.86. The summed E-state index contributed by atoms with van der Waals surface area (Å²) < 4.78 is 1.36. The Balaban J connectivity index is 2.32. The molecule has 2 rings (SSSR count). The molecule has 0 atom stereocenters. The van der Waals surface area contributed by atoms with Crippen molar-refractivity contribution >= 4 is 17.2 Å². The summed E-state index contributed by atoms with van der Waals surface area (Å²) in [4.78, 5) is 14.8. The van der Waals surface area contributed by atoms with E-state index >= 15 is 0 Å². The Hall–Kier alpha value is -1.73. The van der Waals surface area contributed by atoms with Crippen molar-refractivity contribution in [1.82, 2.24) is 14.8 Å². The second-order valence-electron chi connectivity index (χ2n) is 2.81. The molecule has 1 amide bonds. The quantitative estimate of drug-likeness (QED) is 0.770. The molecular weight excluding hydrogens is 216 g/mol. The summed E-state index contributed by atoms with van der Waals surface area (Å²) in [5.41, 5.74) is 6.07. The maximum Gasteiger partial charge on any atom is 0.268 e. The summed E-state index contributed by atoms with van der Waals surface area (Å²) in [5, 5.41) is 14.9. The van der Waals surface area contributed by atoms with Gasteiger partial charge in [-0.05, 0) is 0 Å². The molecule has 0 saturated heterocycles. The minimum Gasteiger partial charge on any atom is -0.374 e. The molecule has 0 bridgehead atoms. The third-order valence-corrected chi connectivity index (χ3v) is 2.67. The predicted octanol–water partition coefficient (Wildman–Crippen LogP) is 0.0553. The van der Waals surface area contributed by atoms with Gasteiger partial charge < -0.3 is 10.8 Å². The van der Waals surface area contributed by atoms with Crippen LogP contribution in [0, 0.1) is 0 Å². The van der Waals surface area contributed by atoms with Crippen LogP contribution in [0.2, 0.25) is 0 Å². The summed E-state index contributed by atoms with van der Waals surface area (Å²) in [6.45, 7) is -0.186. The number of hydrogen-bond donors (Lipinski definition) is 2. The van der Waals surface area contributed by atoms with Gasteiger partial charge in [0.1, 0.15) is 17.4 Å². The van der Waals surface area contributed by atoms with Crippen molar-refractivity contribution < 1.29 is 9.90 Å². The second kappa shape index (κ2) is 3.79. The van der Waals surface area contributed by atoms with E-state index in [0.717, 1.165) is 5.56 Å². The van der Waals surface area contributed by atoms with Gasteiger partial charge in [-0.1, -0.05) is 0 Å². The van der Waals surface area contributed by atoms with Crippen molar-refractivity contribution in [3.63, 3.8) is 0 Å². The smallest absolute Gasteiger partial charge is 0.268 e. The average molecular weight is 224 g/mol. The summed E-state index contributed by atoms with van der Waals surface area (Å²) in [6.07, 6.45) is 3.21. The molecule has 15 heavy (non-hydrogen) atoms. The van der Waals surface area contributed by atoms with Crippen molar-refractivity contribution in [2.75, 3.05) is 0 Å². The Morgan fingerprint density at radius 1 is 1.67 bits per heavy atom. The highest BCUT2D eigenvalue weighted by atomic mass is 32.1. The number of amides is 1. The van der Waals surface area contributed by atoms with Crippen LogP contribution in [0.15, 0.2) is 17.8 Å². The molecule has 0 aliphatic heterocycles. The Morgan fingerprint density at radius 3 is 3.00 bits per heavy atom.